The molecule has 3 atom stereocenters. The van der Waals surface area contributed by atoms with Crippen molar-refractivity contribution in [2.24, 2.45) is 5.73 Å². The average molecular weight is 543 g/mol. The smallest absolute Gasteiger partial charge is 0.403 e. The number of nitrogens with zero attached hydrogens (tertiary/aromatic N) is 1. The molecule has 13 heteroatoms. The van der Waals surface area contributed by atoms with Crippen molar-refractivity contribution < 1.29 is 40.7 Å². The number of carbonyl (C=O) groups is 2. The van der Waals surface area contributed by atoms with E-state index in [0.29, 0.717) is 11.8 Å². The number of halogens is 6. The molecule has 1 aliphatic heterocycles. The van der Waals surface area contributed by atoms with Gasteiger partial charge in [0.1, 0.15) is 22.2 Å². The zero-order valence-electron chi connectivity index (χ0n) is 19.3. The normalized spacial score (nSPS) is 21.9. The van der Waals surface area contributed by atoms with Gasteiger partial charge in [-0.3, -0.25) is 9.59 Å². The first-order valence-electron chi connectivity index (χ1n) is 10.5. The number of carbonyl (C=O) groups excluding carboxylic acids is 2. The van der Waals surface area contributed by atoms with Gasteiger partial charge in [0.2, 0.25) is 11.7 Å². The molecule has 3 rings (SSSR count). The van der Waals surface area contributed by atoms with Crippen LogP contribution in [0.5, 0.6) is 5.75 Å². The van der Waals surface area contributed by atoms with Gasteiger partial charge < -0.3 is 15.8 Å². The van der Waals surface area contributed by atoms with E-state index in [1.54, 1.807) is 0 Å². The molecular formula is C24H19F6N3O3S. The molecule has 2 aromatic carbocycles. The lowest BCUT2D eigenvalue weighted by Gasteiger charge is -2.26. The molecule has 0 spiro atoms. The minimum atomic E-state index is -4.74. The minimum Gasteiger partial charge on any atom is -0.493 e. The van der Waals surface area contributed by atoms with Gasteiger partial charge in [0, 0.05) is 22.7 Å². The maximum atomic E-state index is 14.4. The highest BCUT2D eigenvalue weighted by atomic mass is 32.2. The Hall–Kier alpha value is -3.66. The number of nitrogens with two attached hydrogens (primary N) is 1. The highest BCUT2D eigenvalue weighted by molar-refractivity contribution is 8.02. The van der Waals surface area contributed by atoms with Crippen LogP contribution in [-0.4, -0.2) is 35.1 Å². The third-order valence-corrected chi connectivity index (χ3v) is 7.57. The zero-order valence-corrected chi connectivity index (χ0v) is 20.1. The van der Waals surface area contributed by atoms with Gasteiger partial charge in [0.05, 0.1) is 12.4 Å². The van der Waals surface area contributed by atoms with Gasteiger partial charge in [-0.1, -0.05) is 6.07 Å². The van der Waals surface area contributed by atoms with Crippen LogP contribution in [0.1, 0.15) is 30.4 Å². The molecule has 0 aliphatic carbocycles. The Kier molecular flexibility index (Phi) is 7.83. The maximum absolute atomic E-state index is 14.4. The molecule has 2 aromatic rings. The van der Waals surface area contributed by atoms with Crippen LogP contribution in [0.3, 0.4) is 0 Å². The molecule has 0 bridgehead atoms. The number of ether oxygens (including phenoxy) is 1. The van der Waals surface area contributed by atoms with Crippen LogP contribution in [0.15, 0.2) is 35.9 Å². The molecule has 37 heavy (non-hydrogen) atoms. The molecule has 1 fully saturated rings. The number of hydrogen-bond donors (Lipinski definition) is 2. The zero-order chi connectivity index (χ0) is 27.7. The number of methoxy groups -OCH3 is 1. The van der Waals surface area contributed by atoms with Crippen LogP contribution in [0.25, 0.3) is 6.08 Å². The Morgan fingerprint density at radius 3 is 2.43 bits per heavy atom. The number of thioether (sulfide) groups is 1. The van der Waals surface area contributed by atoms with Crippen molar-refractivity contribution in [3.05, 3.63) is 64.5 Å². The molecular weight excluding hydrogens is 524 g/mol. The first-order chi connectivity index (χ1) is 17.2. The van der Waals surface area contributed by atoms with Crippen molar-refractivity contribution >= 4 is 35.3 Å². The van der Waals surface area contributed by atoms with Gasteiger partial charge >= 0.3 is 6.18 Å². The highest BCUT2D eigenvalue weighted by Gasteiger charge is 2.60. The lowest BCUT2D eigenvalue weighted by atomic mass is 9.85. The molecule has 1 heterocycles. The Bertz CT molecular complexity index is 1320. The predicted octanol–water partition coefficient (Wildman–Crippen LogP) is 5.05. The third-order valence-electron chi connectivity index (χ3n) is 5.85. The summed E-state index contributed by atoms with van der Waals surface area (Å²) >= 11 is 0.306. The fourth-order valence-electron chi connectivity index (χ4n) is 3.93. The molecule has 2 amide bonds. The number of anilines is 1. The van der Waals surface area contributed by atoms with Crippen molar-refractivity contribution in [3.8, 4) is 11.8 Å². The average Bonchev–Trinajstić information content (AvgIpc) is 3.19. The molecule has 0 saturated carbocycles. The maximum Gasteiger partial charge on any atom is 0.403 e. The largest absolute Gasteiger partial charge is 0.493 e. The number of nitrogens with one attached hydrogen (secondary N) is 1. The van der Waals surface area contributed by atoms with Crippen molar-refractivity contribution in [2.45, 2.75) is 35.4 Å². The molecule has 196 valence electrons. The Balaban J connectivity index is 2.02. The van der Waals surface area contributed by atoms with Gasteiger partial charge in [-0.25, -0.2) is 8.78 Å². The van der Waals surface area contributed by atoms with Crippen molar-refractivity contribution in [1.29, 1.82) is 5.26 Å². The molecule has 0 unspecified atom stereocenters. The number of rotatable bonds is 6. The van der Waals surface area contributed by atoms with E-state index in [0.717, 1.165) is 50.4 Å². The molecule has 3 N–H and O–H groups in total. The lowest BCUT2D eigenvalue weighted by molar-refractivity contribution is -0.155. The summed E-state index contributed by atoms with van der Waals surface area (Å²) in [5, 5.41) is 9.93. The molecule has 6 nitrogen and oxygen atoms in total. The molecule has 1 aliphatic rings. The Morgan fingerprint density at radius 1 is 1.22 bits per heavy atom. The topological polar surface area (TPSA) is 105 Å². The van der Waals surface area contributed by atoms with Crippen molar-refractivity contribution in [3.63, 3.8) is 0 Å². The van der Waals surface area contributed by atoms with Gasteiger partial charge in [-0.2, -0.15) is 22.8 Å². The number of benzene rings is 2. The molecule has 0 radical (unpaired) electrons. The van der Waals surface area contributed by atoms with E-state index in [-0.39, 0.29) is 16.8 Å². The van der Waals surface area contributed by atoms with Crippen LogP contribution < -0.4 is 15.8 Å². The van der Waals surface area contributed by atoms with Crippen LogP contribution in [0.4, 0.5) is 32.0 Å². The fourth-order valence-corrected chi connectivity index (χ4v) is 5.48. The number of nitriles is 1. The quantitative estimate of drug-likeness (QED) is 0.301. The first-order valence-corrected chi connectivity index (χ1v) is 11.4. The second kappa shape index (κ2) is 10.4. The second-order valence-electron chi connectivity index (χ2n) is 8.32. The second-order valence-corrected chi connectivity index (χ2v) is 9.97. The van der Waals surface area contributed by atoms with E-state index in [1.165, 1.54) is 6.07 Å². The van der Waals surface area contributed by atoms with Gasteiger partial charge in [-0.15, -0.1) is 11.8 Å². The summed E-state index contributed by atoms with van der Waals surface area (Å²) in [6, 6.07) is 6.40. The van der Waals surface area contributed by atoms with E-state index < -0.39 is 69.1 Å². The van der Waals surface area contributed by atoms with Gasteiger partial charge in [-0.05, 0) is 43.7 Å². The van der Waals surface area contributed by atoms with Crippen LogP contribution in [0, 0.1) is 28.8 Å². The third kappa shape index (κ3) is 5.53. The van der Waals surface area contributed by atoms with Crippen LogP contribution in [0.2, 0.25) is 0 Å². The number of amides is 2. The number of hydrogen-bond acceptors (Lipinski definition) is 5. The summed E-state index contributed by atoms with van der Waals surface area (Å²) < 4.78 is 86.6. The van der Waals surface area contributed by atoms with Crippen LogP contribution >= 0.6 is 11.8 Å². The number of primary amides is 1. The van der Waals surface area contributed by atoms with Gasteiger partial charge in [0.25, 0.3) is 5.91 Å². The Morgan fingerprint density at radius 2 is 1.86 bits per heavy atom. The van der Waals surface area contributed by atoms with Crippen molar-refractivity contribution in [2.75, 3.05) is 12.4 Å². The van der Waals surface area contributed by atoms with E-state index in [1.807, 2.05) is 0 Å². The summed E-state index contributed by atoms with van der Waals surface area (Å²) in [7, 11) is 1.02. The van der Waals surface area contributed by atoms with Crippen molar-refractivity contribution in [1.82, 2.24) is 0 Å². The number of alkyl halides is 3. The van der Waals surface area contributed by atoms with Gasteiger partial charge in [0.15, 0.2) is 11.6 Å². The van der Waals surface area contributed by atoms with E-state index in [2.05, 4.69) is 5.32 Å². The lowest BCUT2D eigenvalue weighted by Crippen LogP contribution is -2.37. The summed E-state index contributed by atoms with van der Waals surface area (Å²) in [4.78, 5) is 24.5. The standard InChI is InChI=1S/C24H19F6N3O3S/c1-23(24(28,29)30)9-15(14-4-6-17(26)18(27)19(14)36-2)20(37-23)22(35)33-13-3-5-16(25)11(8-13)7-12(10-31)21(32)34/h3-8,15,20H,9H2,1-2H3,(H2,32,34)(H,33,35)/b12-7+/t15-,20+,23+/m0/s1. The van der Waals surface area contributed by atoms with E-state index in [9.17, 15) is 35.9 Å². The highest BCUT2D eigenvalue weighted by Crippen LogP contribution is 2.59. The molecule has 0 aromatic heterocycles. The monoisotopic (exact) mass is 543 g/mol. The Labute approximate surface area is 211 Å². The summed E-state index contributed by atoms with van der Waals surface area (Å²) in [5.41, 5.74) is 4.01. The molecule has 1 saturated heterocycles. The van der Waals surface area contributed by atoms with E-state index in [4.69, 9.17) is 15.7 Å². The summed E-state index contributed by atoms with van der Waals surface area (Å²) in [5.74, 6) is -7.43. The summed E-state index contributed by atoms with van der Waals surface area (Å²) in [6.07, 6.45) is -4.53. The fraction of sp³-hybridized carbons (Fsp3) is 0.292. The van der Waals surface area contributed by atoms with Crippen LogP contribution in [-0.2, 0) is 9.59 Å². The minimum absolute atomic E-state index is 0.0587. The predicted molar refractivity (Wildman–Crippen MR) is 124 cm³/mol. The SMILES string of the molecule is COc1c([C@@H]2C[C@](C)(C(F)(F)F)S[C@H]2C(=O)Nc2ccc(F)c(/C=C(\C#N)C(N)=O)c2)ccc(F)c1F. The summed E-state index contributed by atoms with van der Waals surface area (Å²) in [6.45, 7) is 0.901. The van der Waals surface area contributed by atoms with E-state index >= 15 is 0 Å². The first kappa shape index (κ1) is 27.9.